The molecule has 1 rings (SSSR count). The van der Waals surface area contributed by atoms with E-state index >= 15 is 0 Å². The Morgan fingerprint density at radius 3 is 2.56 bits per heavy atom. The van der Waals surface area contributed by atoms with Gasteiger partial charge in [-0.1, -0.05) is 26.8 Å². The highest BCUT2D eigenvalue weighted by Crippen LogP contribution is 2.30. The molecule has 0 bridgehead atoms. The van der Waals surface area contributed by atoms with Crippen molar-refractivity contribution < 1.29 is 4.74 Å². The molecule has 0 spiro atoms. The van der Waals surface area contributed by atoms with Crippen molar-refractivity contribution in [1.82, 2.24) is 0 Å². The van der Waals surface area contributed by atoms with Gasteiger partial charge in [0.25, 0.3) is 0 Å². The zero-order chi connectivity index (χ0) is 13.5. The minimum atomic E-state index is 0.233. The fraction of sp³-hybridized carbons (Fsp3) is 0.600. The van der Waals surface area contributed by atoms with Gasteiger partial charge >= 0.3 is 0 Å². The fourth-order valence-electron chi connectivity index (χ4n) is 2.08. The first-order chi connectivity index (χ1) is 8.58. The van der Waals surface area contributed by atoms with Crippen molar-refractivity contribution in [3.05, 3.63) is 23.8 Å². The van der Waals surface area contributed by atoms with E-state index in [0.29, 0.717) is 12.5 Å². The summed E-state index contributed by atoms with van der Waals surface area (Å²) in [5, 5.41) is 0. The van der Waals surface area contributed by atoms with E-state index in [0.717, 1.165) is 23.5 Å². The van der Waals surface area contributed by atoms with E-state index in [2.05, 4.69) is 39.8 Å². The van der Waals surface area contributed by atoms with Gasteiger partial charge < -0.3 is 10.5 Å². The minimum absolute atomic E-state index is 0.233. The van der Waals surface area contributed by atoms with E-state index in [4.69, 9.17) is 10.5 Å². The fourth-order valence-corrected chi connectivity index (χ4v) is 2.92. The van der Waals surface area contributed by atoms with E-state index in [1.807, 2.05) is 17.8 Å². The summed E-state index contributed by atoms with van der Waals surface area (Å²) in [5.74, 6) is 2.65. The van der Waals surface area contributed by atoms with Crippen molar-refractivity contribution in [1.29, 1.82) is 0 Å². The highest BCUT2D eigenvalue weighted by Gasteiger charge is 2.12. The lowest BCUT2D eigenvalue weighted by Gasteiger charge is -2.20. The molecule has 0 saturated carbocycles. The largest absolute Gasteiger partial charge is 0.490 e. The lowest BCUT2D eigenvalue weighted by atomic mass is 10.1. The summed E-state index contributed by atoms with van der Waals surface area (Å²) >= 11 is 1.82. The van der Waals surface area contributed by atoms with Crippen molar-refractivity contribution >= 4 is 11.8 Å². The lowest BCUT2D eigenvalue weighted by molar-refractivity contribution is 0.191. The SMILES string of the molecule is CCSc1cccc(OC(C)CC(C)C)c1CN. The summed E-state index contributed by atoms with van der Waals surface area (Å²) in [6, 6.07) is 6.20. The molecule has 1 unspecified atom stereocenters. The van der Waals surface area contributed by atoms with Crippen molar-refractivity contribution in [3.63, 3.8) is 0 Å². The minimum Gasteiger partial charge on any atom is -0.490 e. The predicted octanol–water partition coefficient (Wildman–Crippen LogP) is 4.07. The number of hydrogen-bond donors (Lipinski definition) is 1. The molecule has 3 heteroatoms. The van der Waals surface area contributed by atoms with Crippen LogP contribution in [0.5, 0.6) is 5.75 Å². The van der Waals surface area contributed by atoms with Crippen molar-refractivity contribution in [2.24, 2.45) is 11.7 Å². The standard InChI is InChI=1S/C15H25NOS/c1-5-18-15-8-6-7-14(13(15)10-16)17-12(4)9-11(2)3/h6-8,11-12H,5,9-10,16H2,1-4H3. The Kier molecular flexibility index (Phi) is 6.58. The summed E-state index contributed by atoms with van der Waals surface area (Å²) in [7, 11) is 0. The van der Waals surface area contributed by atoms with E-state index < -0.39 is 0 Å². The highest BCUT2D eigenvalue weighted by molar-refractivity contribution is 7.99. The first-order valence-electron chi connectivity index (χ1n) is 6.69. The molecule has 0 aliphatic rings. The van der Waals surface area contributed by atoms with Crippen LogP contribution >= 0.6 is 11.8 Å². The van der Waals surface area contributed by atoms with Crippen molar-refractivity contribution in [3.8, 4) is 5.75 Å². The maximum absolute atomic E-state index is 6.04. The van der Waals surface area contributed by atoms with Gasteiger partial charge in [-0.05, 0) is 37.1 Å². The van der Waals surface area contributed by atoms with Crippen LogP contribution in [0.1, 0.15) is 39.7 Å². The average Bonchev–Trinajstić information content (AvgIpc) is 2.28. The van der Waals surface area contributed by atoms with Crippen LogP contribution in [0.3, 0.4) is 0 Å². The van der Waals surface area contributed by atoms with Gasteiger partial charge in [-0.3, -0.25) is 0 Å². The van der Waals surface area contributed by atoms with Gasteiger partial charge in [0.05, 0.1) is 6.10 Å². The second kappa shape index (κ2) is 7.70. The van der Waals surface area contributed by atoms with Gasteiger partial charge in [0.1, 0.15) is 5.75 Å². The van der Waals surface area contributed by atoms with E-state index in [9.17, 15) is 0 Å². The number of hydrogen-bond acceptors (Lipinski definition) is 3. The normalized spacial score (nSPS) is 12.8. The maximum atomic E-state index is 6.04. The number of nitrogens with two attached hydrogens (primary N) is 1. The molecule has 102 valence electrons. The molecular formula is C15H25NOS. The summed E-state index contributed by atoms with van der Waals surface area (Å²) in [6.45, 7) is 9.24. The monoisotopic (exact) mass is 267 g/mol. The number of thioether (sulfide) groups is 1. The average molecular weight is 267 g/mol. The Bertz CT molecular complexity index is 366. The van der Waals surface area contributed by atoms with Gasteiger partial charge in [-0.15, -0.1) is 11.8 Å². The van der Waals surface area contributed by atoms with Crippen LogP contribution in [0.2, 0.25) is 0 Å². The predicted molar refractivity (Wildman–Crippen MR) is 80.3 cm³/mol. The smallest absolute Gasteiger partial charge is 0.125 e. The lowest BCUT2D eigenvalue weighted by Crippen LogP contribution is -2.16. The van der Waals surface area contributed by atoms with Crippen LogP contribution in [0, 0.1) is 5.92 Å². The Morgan fingerprint density at radius 1 is 1.28 bits per heavy atom. The second-order valence-electron chi connectivity index (χ2n) is 4.93. The number of rotatable bonds is 7. The molecule has 0 radical (unpaired) electrons. The molecule has 0 aliphatic heterocycles. The third kappa shape index (κ3) is 4.54. The third-order valence-electron chi connectivity index (χ3n) is 2.73. The molecule has 0 fully saturated rings. The zero-order valence-electron chi connectivity index (χ0n) is 11.9. The number of ether oxygens (including phenoxy) is 1. The van der Waals surface area contributed by atoms with Gasteiger partial charge in [0.15, 0.2) is 0 Å². The molecule has 0 aliphatic carbocycles. The van der Waals surface area contributed by atoms with Crippen LogP contribution in [-0.2, 0) is 6.54 Å². The molecule has 1 atom stereocenters. The molecular weight excluding hydrogens is 242 g/mol. The Labute approximate surface area is 115 Å². The quantitative estimate of drug-likeness (QED) is 0.756. The van der Waals surface area contributed by atoms with Crippen LogP contribution in [-0.4, -0.2) is 11.9 Å². The summed E-state index contributed by atoms with van der Waals surface area (Å²) < 4.78 is 6.04. The van der Waals surface area contributed by atoms with Crippen LogP contribution in [0.15, 0.2) is 23.1 Å². The van der Waals surface area contributed by atoms with Crippen LogP contribution in [0.4, 0.5) is 0 Å². The molecule has 0 aromatic heterocycles. The van der Waals surface area contributed by atoms with Crippen molar-refractivity contribution in [2.45, 2.75) is 51.7 Å². The topological polar surface area (TPSA) is 35.2 Å². The molecule has 0 heterocycles. The summed E-state index contributed by atoms with van der Waals surface area (Å²) in [6.07, 6.45) is 1.30. The van der Waals surface area contributed by atoms with Crippen molar-refractivity contribution in [2.75, 3.05) is 5.75 Å². The van der Waals surface area contributed by atoms with Gasteiger partial charge in [-0.25, -0.2) is 0 Å². The first-order valence-corrected chi connectivity index (χ1v) is 7.68. The third-order valence-corrected chi connectivity index (χ3v) is 3.71. The summed E-state index contributed by atoms with van der Waals surface area (Å²) in [4.78, 5) is 1.24. The molecule has 0 saturated heterocycles. The molecule has 2 N–H and O–H groups in total. The van der Waals surface area contributed by atoms with Crippen LogP contribution < -0.4 is 10.5 Å². The van der Waals surface area contributed by atoms with Gasteiger partial charge in [-0.2, -0.15) is 0 Å². The first kappa shape index (κ1) is 15.4. The maximum Gasteiger partial charge on any atom is 0.125 e. The Balaban J connectivity index is 2.84. The zero-order valence-corrected chi connectivity index (χ0v) is 12.7. The Hall–Kier alpha value is -0.670. The van der Waals surface area contributed by atoms with Gasteiger partial charge in [0, 0.05) is 17.0 Å². The molecule has 1 aromatic rings. The molecule has 18 heavy (non-hydrogen) atoms. The van der Waals surface area contributed by atoms with E-state index in [-0.39, 0.29) is 6.10 Å². The Morgan fingerprint density at radius 2 is 2.00 bits per heavy atom. The van der Waals surface area contributed by atoms with Crippen LogP contribution in [0.25, 0.3) is 0 Å². The second-order valence-corrected chi connectivity index (χ2v) is 6.23. The molecule has 0 amide bonds. The molecule has 1 aromatic carbocycles. The van der Waals surface area contributed by atoms with E-state index in [1.54, 1.807) is 0 Å². The summed E-state index contributed by atoms with van der Waals surface area (Å²) in [5.41, 5.74) is 7.00. The van der Waals surface area contributed by atoms with Gasteiger partial charge in [0.2, 0.25) is 0 Å². The highest BCUT2D eigenvalue weighted by atomic mass is 32.2. The molecule has 2 nitrogen and oxygen atoms in total. The van der Waals surface area contributed by atoms with E-state index in [1.165, 1.54) is 4.90 Å². The number of benzene rings is 1.